The Kier molecular flexibility index (Phi) is 4.28. The van der Waals surface area contributed by atoms with Crippen LogP contribution in [0, 0.1) is 0 Å². The van der Waals surface area contributed by atoms with Crippen LogP contribution in [0.1, 0.15) is 24.3 Å². The molecule has 1 unspecified atom stereocenters. The number of aliphatic hydroxyl groups is 1. The van der Waals surface area contributed by atoms with Crippen LogP contribution >= 0.6 is 11.3 Å². The molecule has 2 aromatic heterocycles. The molecule has 1 N–H and O–H groups in total. The van der Waals surface area contributed by atoms with Crippen molar-refractivity contribution in [3.63, 3.8) is 0 Å². The van der Waals surface area contributed by atoms with Gasteiger partial charge in [0.05, 0.1) is 24.1 Å². The zero-order valence-electron chi connectivity index (χ0n) is 10.7. The lowest BCUT2D eigenvalue weighted by Crippen LogP contribution is -2.14. The Balaban J connectivity index is 2.44. The fraction of sp³-hybridized carbons (Fsp3) is 0.417. The zero-order valence-corrected chi connectivity index (χ0v) is 11.6. The van der Waals surface area contributed by atoms with Crippen LogP contribution in [0.25, 0.3) is 10.6 Å². The monoisotopic (exact) mass is 281 g/mol. The number of aromatic nitrogens is 3. The van der Waals surface area contributed by atoms with E-state index in [9.17, 15) is 9.90 Å². The van der Waals surface area contributed by atoms with Crippen molar-refractivity contribution in [3.05, 3.63) is 23.2 Å². The highest BCUT2D eigenvalue weighted by Crippen LogP contribution is 2.27. The first-order chi connectivity index (χ1) is 9.13. The second-order valence-electron chi connectivity index (χ2n) is 4.02. The first-order valence-corrected chi connectivity index (χ1v) is 6.84. The molecule has 1 atom stereocenters. The normalized spacial score (nSPS) is 12.4. The highest BCUT2D eigenvalue weighted by molar-refractivity contribution is 7.13. The van der Waals surface area contributed by atoms with Gasteiger partial charge in [-0.15, -0.1) is 16.4 Å². The van der Waals surface area contributed by atoms with E-state index in [1.807, 2.05) is 17.5 Å². The first kappa shape index (κ1) is 13.7. The van der Waals surface area contributed by atoms with Gasteiger partial charge in [-0.1, -0.05) is 11.3 Å². The maximum Gasteiger partial charge on any atom is 0.361 e. The molecule has 0 fully saturated rings. The van der Waals surface area contributed by atoms with Gasteiger partial charge in [-0.2, -0.15) is 0 Å². The Morgan fingerprint density at radius 1 is 1.63 bits per heavy atom. The molecule has 2 heterocycles. The average molecular weight is 281 g/mol. The maximum absolute atomic E-state index is 11.9. The number of rotatable bonds is 5. The van der Waals surface area contributed by atoms with Crippen LogP contribution in [-0.4, -0.2) is 38.8 Å². The molecule has 0 aromatic carbocycles. The van der Waals surface area contributed by atoms with E-state index in [-0.39, 0.29) is 18.8 Å². The largest absolute Gasteiger partial charge is 0.461 e. The molecule has 6 nitrogen and oxygen atoms in total. The van der Waals surface area contributed by atoms with Gasteiger partial charge in [0.1, 0.15) is 5.69 Å². The number of thiophene rings is 1. The third kappa shape index (κ3) is 2.99. The number of hydrogen-bond donors (Lipinski definition) is 1. The molecular formula is C12H15N3O3S. The van der Waals surface area contributed by atoms with Crippen molar-refractivity contribution in [3.8, 4) is 10.6 Å². The minimum atomic E-state index is -0.574. The molecule has 0 spiro atoms. The van der Waals surface area contributed by atoms with Crippen LogP contribution in [0.5, 0.6) is 0 Å². The molecule has 0 aliphatic heterocycles. The van der Waals surface area contributed by atoms with E-state index in [0.717, 1.165) is 4.88 Å². The highest BCUT2D eigenvalue weighted by Gasteiger charge is 2.23. The summed E-state index contributed by atoms with van der Waals surface area (Å²) in [6, 6.07) is 3.76. The lowest BCUT2D eigenvalue weighted by molar-refractivity contribution is 0.0520. The summed E-state index contributed by atoms with van der Waals surface area (Å²) in [4.78, 5) is 12.7. The molecule has 2 rings (SSSR count). The average Bonchev–Trinajstić information content (AvgIpc) is 2.96. The van der Waals surface area contributed by atoms with Crippen LogP contribution in [0.4, 0.5) is 0 Å². The minimum Gasteiger partial charge on any atom is -0.461 e. The topological polar surface area (TPSA) is 77.2 Å². The number of esters is 1. The molecule has 0 saturated carbocycles. The van der Waals surface area contributed by atoms with E-state index in [1.165, 1.54) is 16.0 Å². The molecule has 7 heteroatoms. The maximum atomic E-state index is 11.9. The van der Waals surface area contributed by atoms with E-state index < -0.39 is 12.1 Å². The minimum absolute atomic E-state index is 0.185. The summed E-state index contributed by atoms with van der Waals surface area (Å²) in [5.74, 6) is -0.497. The van der Waals surface area contributed by atoms with Gasteiger partial charge in [0.25, 0.3) is 0 Å². The summed E-state index contributed by atoms with van der Waals surface area (Å²) in [5, 5.41) is 19.2. The molecule has 2 aromatic rings. The number of aliphatic hydroxyl groups excluding tert-OH is 1. The second kappa shape index (κ2) is 5.94. The number of nitrogens with zero attached hydrogens (tertiary/aromatic N) is 3. The Morgan fingerprint density at radius 2 is 2.42 bits per heavy atom. The SMILES string of the molecule is CCOC(=O)c1nnn(CC(C)O)c1-c1cccs1. The molecule has 0 radical (unpaired) electrons. The predicted octanol–water partition coefficient (Wildman–Crippen LogP) is 1.56. The van der Waals surface area contributed by atoms with Crippen molar-refractivity contribution in [2.45, 2.75) is 26.5 Å². The molecule has 19 heavy (non-hydrogen) atoms. The number of hydrogen-bond acceptors (Lipinski definition) is 6. The number of ether oxygens (including phenoxy) is 1. The van der Waals surface area contributed by atoms with E-state index >= 15 is 0 Å². The van der Waals surface area contributed by atoms with Crippen molar-refractivity contribution in [1.82, 2.24) is 15.0 Å². The van der Waals surface area contributed by atoms with Crippen LogP contribution in [-0.2, 0) is 11.3 Å². The third-order valence-corrected chi connectivity index (χ3v) is 3.27. The quantitative estimate of drug-likeness (QED) is 0.842. The lowest BCUT2D eigenvalue weighted by atomic mass is 10.2. The molecular weight excluding hydrogens is 266 g/mol. The fourth-order valence-electron chi connectivity index (χ4n) is 1.69. The highest BCUT2D eigenvalue weighted by atomic mass is 32.1. The summed E-state index contributed by atoms with van der Waals surface area (Å²) < 4.78 is 6.50. The Hall–Kier alpha value is -1.73. The van der Waals surface area contributed by atoms with Gasteiger partial charge >= 0.3 is 5.97 Å². The molecule has 0 bridgehead atoms. The van der Waals surface area contributed by atoms with Gasteiger partial charge in [-0.25, -0.2) is 9.48 Å². The standard InChI is InChI=1S/C12H15N3O3S/c1-3-18-12(17)10-11(9-5-4-6-19-9)15(14-13-10)7-8(2)16/h4-6,8,16H,3,7H2,1-2H3. The first-order valence-electron chi connectivity index (χ1n) is 5.96. The lowest BCUT2D eigenvalue weighted by Gasteiger charge is -2.07. The van der Waals surface area contributed by atoms with Crippen LogP contribution in [0.2, 0.25) is 0 Å². The van der Waals surface area contributed by atoms with Gasteiger partial charge in [-0.05, 0) is 25.3 Å². The van der Waals surface area contributed by atoms with Gasteiger partial charge < -0.3 is 9.84 Å². The number of carbonyl (C=O) groups excluding carboxylic acids is 1. The van der Waals surface area contributed by atoms with Crippen LogP contribution in [0.3, 0.4) is 0 Å². The van der Waals surface area contributed by atoms with Gasteiger partial charge in [-0.3, -0.25) is 0 Å². The molecule has 102 valence electrons. The zero-order chi connectivity index (χ0) is 13.8. The molecule has 0 amide bonds. The summed E-state index contributed by atoms with van der Waals surface area (Å²) in [5.41, 5.74) is 0.777. The Morgan fingerprint density at radius 3 is 3.00 bits per heavy atom. The van der Waals surface area contributed by atoms with Crippen molar-refractivity contribution < 1.29 is 14.6 Å². The van der Waals surface area contributed by atoms with E-state index in [1.54, 1.807) is 13.8 Å². The number of carbonyl (C=O) groups is 1. The smallest absolute Gasteiger partial charge is 0.361 e. The third-order valence-electron chi connectivity index (χ3n) is 2.40. The molecule has 0 aliphatic carbocycles. The summed E-state index contributed by atoms with van der Waals surface area (Å²) in [6.07, 6.45) is -0.574. The van der Waals surface area contributed by atoms with Crippen LogP contribution < -0.4 is 0 Å². The molecule has 0 saturated heterocycles. The second-order valence-corrected chi connectivity index (χ2v) is 4.96. The van der Waals surface area contributed by atoms with Gasteiger partial charge in [0.15, 0.2) is 5.69 Å². The van der Waals surface area contributed by atoms with Crippen LogP contribution in [0.15, 0.2) is 17.5 Å². The van der Waals surface area contributed by atoms with Crippen molar-refractivity contribution >= 4 is 17.3 Å². The summed E-state index contributed by atoms with van der Waals surface area (Å²) >= 11 is 1.48. The van der Waals surface area contributed by atoms with Gasteiger partial charge in [0.2, 0.25) is 0 Å². The Bertz CT molecular complexity index is 549. The summed E-state index contributed by atoms with van der Waals surface area (Å²) in [6.45, 7) is 3.96. The van der Waals surface area contributed by atoms with Crippen molar-refractivity contribution in [2.75, 3.05) is 6.61 Å². The van der Waals surface area contributed by atoms with E-state index in [4.69, 9.17) is 4.74 Å². The summed E-state index contributed by atoms with van der Waals surface area (Å²) in [7, 11) is 0. The molecule has 0 aliphatic rings. The van der Waals surface area contributed by atoms with Crippen molar-refractivity contribution in [2.24, 2.45) is 0 Å². The Labute approximate surface area is 114 Å². The fourth-order valence-corrected chi connectivity index (χ4v) is 2.46. The van der Waals surface area contributed by atoms with E-state index in [2.05, 4.69) is 10.3 Å². The van der Waals surface area contributed by atoms with Gasteiger partial charge in [0, 0.05) is 0 Å². The predicted molar refractivity (Wildman–Crippen MR) is 71.0 cm³/mol. The van der Waals surface area contributed by atoms with Crippen molar-refractivity contribution in [1.29, 1.82) is 0 Å². The van der Waals surface area contributed by atoms with E-state index in [0.29, 0.717) is 5.69 Å².